The van der Waals surface area contributed by atoms with E-state index in [2.05, 4.69) is 6.92 Å². The number of hydrogen-bond donors (Lipinski definition) is 0. The molecule has 0 aromatic carbocycles. The van der Waals surface area contributed by atoms with Gasteiger partial charge in [0, 0.05) is 13.2 Å². The summed E-state index contributed by atoms with van der Waals surface area (Å²) in [6.45, 7) is 6.10. The van der Waals surface area contributed by atoms with Crippen molar-refractivity contribution in [3.8, 4) is 0 Å². The first kappa shape index (κ1) is 7.03. The van der Waals surface area contributed by atoms with Gasteiger partial charge in [0.1, 0.15) is 0 Å². The average molecular weight is 129 g/mol. The minimum absolute atomic E-state index is 0.386. The van der Waals surface area contributed by atoms with Crippen molar-refractivity contribution in [2.75, 3.05) is 19.8 Å². The molecule has 1 fully saturated rings. The van der Waals surface area contributed by atoms with E-state index in [0.717, 1.165) is 32.7 Å². The van der Waals surface area contributed by atoms with Crippen LogP contribution in [-0.4, -0.2) is 25.9 Å². The smallest absolute Gasteiger partial charge is 0.0830 e. The molecular formula is C7H13O2. The fourth-order valence-electron chi connectivity index (χ4n) is 0.733. The Hall–Kier alpha value is -0.0800. The van der Waals surface area contributed by atoms with Crippen LogP contribution in [0.3, 0.4) is 0 Å². The molecule has 1 aliphatic heterocycles. The van der Waals surface area contributed by atoms with E-state index in [-0.39, 0.29) is 0 Å². The third-order valence-electron chi connectivity index (χ3n) is 1.39. The van der Waals surface area contributed by atoms with Crippen molar-refractivity contribution in [1.29, 1.82) is 0 Å². The van der Waals surface area contributed by atoms with E-state index in [4.69, 9.17) is 9.47 Å². The van der Waals surface area contributed by atoms with Gasteiger partial charge in [-0.15, -0.1) is 0 Å². The zero-order valence-electron chi connectivity index (χ0n) is 5.64. The molecule has 0 spiro atoms. The van der Waals surface area contributed by atoms with Crippen LogP contribution >= 0.6 is 0 Å². The molecule has 1 rings (SSSR count). The van der Waals surface area contributed by atoms with E-state index in [1.165, 1.54) is 0 Å². The Labute approximate surface area is 56.2 Å². The molecule has 2 heteroatoms. The molecule has 1 atom stereocenters. The van der Waals surface area contributed by atoms with Crippen LogP contribution in [0, 0.1) is 6.92 Å². The molecule has 9 heavy (non-hydrogen) atoms. The Bertz CT molecular complexity index is 69.3. The molecule has 0 aliphatic carbocycles. The Morgan fingerprint density at radius 1 is 1.67 bits per heavy atom. The van der Waals surface area contributed by atoms with Gasteiger partial charge in [0.2, 0.25) is 0 Å². The summed E-state index contributed by atoms with van der Waals surface area (Å²) in [7, 11) is 0. The Morgan fingerprint density at radius 2 is 2.44 bits per heavy atom. The summed E-state index contributed by atoms with van der Waals surface area (Å²) < 4.78 is 10.3. The predicted octanol–water partition coefficient (Wildman–Crippen LogP) is 1.02. The summed E-state index contributed by atoms with van der Waals surface area (Å²) in [6, 6.07) is 0. The third-order valence-corrected chi connectivity index (χ3v) is 1.39. The van der Waals surface area contributed by atoms with Gasteiger partial charge in [0.05, 0.1) is 12.7 Å². The van der Waals surface area contributed by atoms with Crippen molar-refractivity contribution >= 4 is 0 Å². The zero-order valence-corrected chi connectivity index (χ0v) is 5.64. The lowest BCUT2D eigenvalue weighted by Gasteiger charge is -2.25. The quantitative estimate of drug-likeness (QED) is 0.527. The highest BCUT2D eigenvalue weighted by molar-refractivity contribution is 4.64. The van der Waals surface area contributed by atoms with E-state index < -0.39 is 0 Å². The largest absolute Gasteiger partial charge is 0.379 e. The Morgan fingerprint density at radius 3 is 2.89 bits per heavy atom. The predicted molar refractivity (Wildman–Crippen MR) is 35.1 cm³/mol. The summed E-state index contributed by atoms with van der Waals surface area (Å²) in [6.07, 6.45) is 2.40. The highest BCUT2D eigenvalue weighted by Crippen LogP contribution is 2.10. The van der Waals surface area contributed by atoms with Gasteiger partial charge in [-0.05, 0) is 12.8 Å². The van der Waals surface area contributed by atoms with Crippen molar-refractivity contribution in [2.24, 2.45) is 0 Å². The molecule has 1 radical (unpaired) electrons. The fourth-order valence-corrected chi connectivity index (χ4v) is 0.733. The molecule has 0 saturated carbocycles. The molecule has 1 saturated heterocycles. The lowest BCUT2D eigenvalue weighted by atomic mass is 10.2. The molecular weight excluding hydrogens is 116 g/mol. The van der Waals surface area contributed by atoms with Crippen LogP contribution in [0.1, 0.15) is 12.8 Å². The molecule has 0 bridgehead atoms. The van der Waals surface area contributed by atoms with Crippen LogP contribution in [-0.2, 0) is 9.47 Å². The summed E-state index contributed by atoms with van der Waals surface area (Å²) in [5.74, 6) is 0. The lowest BCUT2D eigenvalue weighted by molar-refractivity contribution is -0.0931. The van der Waals surface area contributed by atoms with E-state index in [1.807, 2.05) is 0 Å². The maximum absolute atomic E-state index is 5.20. The van der Waals surface area contributed by atoms with Crippen LogP contribution in [0.25, 0.3) is 0 Å². The average Bonchev–Trinajstić information content (AvgIpc) is 1.76. The Kier molecular flexibility index (Phi) is 3.01. The highest BCUT2D eigenvalue weighted by Gasteiger charge is 2.17. The second kappa shape index (κ2) is 3.85. The third kappa shape index (κ3) is 2.33. The molecule has 1 heterocycles. The van der Waals surface area contributed by atoms with Gasteiger partial charge in [0.15, 0.2) is 0 Å². The molecule has 1 aliphatic rings. The zero-order chi connectivity index (χ0) is 6.53. The van der Waals surface area contributed by atoms with Gasteiger partial charge < -0.3 is 9.47 Å². The fraction of sp³-hybridized carbons (Fsp3) is 0.857. The van der Waals surface area contributed by atoms with E-state index in [1.54, 1.807) is 0 Å². The lowest BCUT2D eigenvalue weighted by Crippen LogP contribution is -2.31. The minimum Gasteiger partial charge on any atom is -0.379 e. The number of hydrogen-bond acceptors (Lipinski definition) is 2. The maximum Gasteiger partial charge on any atom is 0.0830 e. The number of ether oxygens (including phenoxy) is 2. The van der Waals surface area contributed by atoms with Crippen molar-refractivity contribution in [1.82, 2.24) is 0 Å². The molecule has 0 N–H and O–H groups in total. The summed E-state index contributed by atoms with van der Waals surface area (Å²) in [4.78, 5) is 0. The van der Waals surface area contributed by atoms with Crippen LogP contribution in [0.4, 0.5) is 0 Å². The van der Waals surface area contributed by atoms with Gasteiger partial charge in [-0.25, -0.2) is 0 Å². The first-order valence-electron chi connectivity index (χ1n) is 3.42. The van der Waals surface area contributed by atoms with Crippen LogP contribution in [0.2, 0.25) is 0 Å². The molecule has 2 nitrogen and oxygen atoms in total. The van der Waals surface area contributed by atoms with Crippen molar-refractivity contribution in [3.05, 3.63) is 6.92 Å². The normalized spacial score (nSPS) is 25.7. The monoisotopic (exact) mass is 129 g/mol. The second-order valence-electron chi connectivity index (χ2n) is 2.21. The SMILES string of the molecule is [CH2]CCOCC1CCO1. The standard InChI is InChI=1S/C7H13O2/c1-2-4-8-6-7-3-5-9-7/h7H,1-6H2. The first-order chi connectivity index (χ1) is 4.43. The summed E-state index contributed by atoms with van der Waals surface area (Å²) >= 11 is 0. The highest BCUT2D eigenvalue weighted by atomic mass is 16.5. The van der Waals surface area contributed by atoms with Gasteiger partial charge >= 0.3 is 0 Å². The van der Waals surface area contributed by atoms with Crippen LogP contribution < -0.4 is 0 Å². The van der Waals surface area contributed by atoms with Crippen LogP contribution in [0.15, 0.2) is 0 Å². The molecule has 0 aromatic rings. The van der Waals surface area contributed by atoms with Gasteiger partial charge in [0.25, 0.3) is 0 Å². The van der Waals surface area contributed by atoms with Crippen LogP contribution in [0.5, 0.6) is 0 Å². The molecule has 0 aromatic heterocycles. The van der Waals surface area contributed by atoms with Crippen molar-refractivity contribution in [2.45, 2.75) is 18.9 Å². The molecule has 1 unspecified atom stereocenters. The maximum atomic E-state index is 5.20. The Balaban J connectivity index is 1.80. The van der Waals surface area contributed by atoms with Crippen molar-refractivity contribution < 1.29 is 9.47 Å². The van der Waals surface area contributed by atoms with Gasteiger partial charge in [-0.3, -0.25) is 0 Å². The van der Waals surface area contributed by atoms with Gasteiger partial charge in [-0.2, -0.15) is 0 Å². The number of rotatable bonds is 4. The van der Waals surface area contributed by atoms with Crippen molar-refractivity contribution in [3.63, 3.8) is 0 Å². The summed E-state index contributed by atoms with van der Waals surface area (Å²) in [5.41, 5.74) is 0. The second-order valence-corrected chi connectivity index (χ2v) is 2.21. The minimum atomic E-state index is 0.386. The van der Waals surface area contributed by atoms with E-state index in [0.29, 0.717) is 6.10 Å². The topological polar surface area (TPSA) is 18.5 Å². The molecule has 53 valence electrons. The molecule has 0 amide bonds. The van der Waals surface area contributed by atoms with E-state index >= 15 is 0 Å². The van der Waals surface area contributed by atoms with E-state index in [9.17, 15) is 0 Å². The summed E-state index contributed by atoms with van der Waals surface area (Å²) in [5, 5.41) is 0. The van der Waals surface area contributed by atoms with Gasteiger partial charge in [-0.1, -0.05) is 6.92 Å². The first-order valence-corrected chi connectivity index (χ1v) is 3.42.